The Kier molecular flexibility index (Phi) is 7.43. The van der Waals surface area contributed by atoms with Crippen molar-refractivity contribution in [3.8, 4) is 5.75 Å². The number of methoxy groups -OCH3 is 1. The van der Waals surface area contributed by atoms with Gasteiger partial charge in [-0.2, -0.15) is 18.3 Å². The molecule has 0 radical (unpaired) electrons. The van der Waals surface area contributed by atoms with Crippen LogP contribution in [0.25, 0.3) is 0 Å². The van der Waals surface area contributed by atoms with Gasteiger partial charge >= 0.3 is 6.18 Å². The number of hydrazone groups is 1. The molecule has 0 unspecified atom stereocenters. The third kappa shape index (κ3) is 6.38. The zero-order chi connectivity index (χ0) is 24.0. The second-order valence-electron chi connectivity index (χ2n) is 6.63. The first kappa shape index (κ1) is 23.9. The second kappa shape index (κ2) is 10.3. The van der Waals surface area contributed by atoms with E-state index in [1.54, 1.807) is 26.2 Å². The lowest BCUT2D eigenvalue weighted by molar-refractivity contribution is -0.137. The summed E-state index contributed by atoms with van der Waals surface area (Å²) in [7, 11) is 1.58. The van der Waals surface area contributed by atoms with Crippen LogP contribution in [0.1, 0.15) is 18.1 Å². The average Bonchev–Trinajstić information content (AvgIpc) is 3.15. The van der Waals surface area contributed by atoms with Gasteiger partial charge in [0, 0.05) is 5.69 Å². The minimum atomic E-state index is -4.50. The van der Waals surface area contributed by atoms with E-state index in [0.29, 0.717) is 5.71 Å². The van der Waals surface area contributed by atoms with Crippen LogP contribution in [0.4, 0.5) is 24.8 Å². The fourth-order valence-electron chi connectivity index (χ4n) is 2.58. The first-order valence-electron chi connectivity index (χ1n) is 9.42. The van der Waals surface area contributed by atoms with E-state index in [1.165, 1.54) is 12.1 Å². The fourth-order valence-corrected chi connectivity index (χ4v) is 3.24. The number of ether oxygens (including phenoxy) is 1. The van der Waals surface area contributed by atoms with Crippen LogP contribution in [-0.4, -0.2) is 39.4 Å². The van der Waals surface area contributed by atoms with E-state index in [9.17, 15) is 18.0 Å². The number of nitrogens with one attached hydrogen (secondary N) is 2. The van der Waals surface area contributed by atoms with Crippen LogP contribution in [0.2, 0.25) is 0 Å². The third-order valence-electron chi connectivity index (χ3n) is 4.30. The van der Waals surface area contributed by atoms with E-state index in [2.05, 4.69) is 26.0 Å². The molecule has 0 spiro atoms. The van der Waals surface area contributed by atoms with Gasteiger partial charge in [0.1, 0.15) is 5.75 Å². The standard InChI is InChI=1S/C20H20F3N7O2S/c1-12(13-6-8-16(32-2)9-7-13)26-27-18-28-29-19(30(18)24)33-11-17(31)25-15-5-3-4-14(10-15)20(21,22)23/h3-10H,11,24H2,1-2H3,(H,25,31)(H,27,28)/b26-12+. The highest BCUT2D eigenvalue weighted by atomic mass is 32.2. The third-order valence-corrected chi connectivity index (χ3v) is 5.25. The number of nitrogen functional groups attached to an aromatic ring is 1. The summed E-state index contributed by atoms with van der Waals surface area (Å²) in [5.74, 6) is 6.14. The number of rotatable bonds is 8. The van der Waals surface area contributed by atoms with Gasteiger partial charge in [-0.05, 0) is 55.0 Å². The lowest BCUT2D eigenvalue weighted by Crippen LogP contribution is -2.17. The number of carbonyl (C=O) groups excluding carboxylic acids is 1. The molecule has 1 heterocycles. The molecule has 0 saturated carbocycles. The Labute approximate surface area is 191 Å². The van der Waals surface area contributed by atoms with Gasteiger partial charge in [-0.25, -0.2) is 10.1 Å². The number of amides is 1. The molecule has 0 saturated heterocycles. The second-order valence-corrected chi connectivity index (χ2v) is 7.57. The van der Waals surface area contributed by atoms with Crippen LogP contribution in [0, 0.1) is 0 Å². The number of hydrogen-bond donors (Lipinski definition) is 3. The number of thioether (sulfide) groups is 1. The zero-order valence-electron chi connectivity index (χ0n) is 17.6. The lowest BCUT2D eigenvalue weighted by Gasteiger charge is -2.09. The molecule has 0 aliphatic carbocycles. The molecule has 13 heteroatoms. The molecule has 1 aromatic heterocycles. The summed E-state index contributed by atoms with van der Waals surface area (Å²) in [4.78, 5) is 12.1. The Morgan fingerprint density at radius 2 is 1.94 bits per heavy atom. The van der Waals surface area contributed by atoms with Crippen molar-refractivity contribution in [2.24, 2.45) is 5.10 Å². The number of nitrogens with zero attached hydrogens (tertiary/aromatic N) is 4. The number of halogens is 3. The number of hydrogen-bond acceptors (Lipinski definition) is 8. The van der Waals surface area contributed by atoms with Crippen molar-refractivity contribution in [2.75, 3.05) is 29.4 Å². The summed E-state index contributed by atoms with van der Waals surface area (Å²) in [6.07, 6.45) is -4.50. The van der Waals surface area contributed by atoms with E-state index in [1.807, 2.05) is 12.1 Å². The first-order chi connectivity index (χ1) is 15.7. The van der Waals surface area contributed by atoms with Gasteiger partial charge in [-0.15, -0.1) is 10.2 Å². The number of carbonyl (C=O) groups is 1. The molecular weight excluding hydrogens is 459 g/mol. The zero-order valence-corrected chi connectivity index (χ0v) is 18.4. The number of alkyl halides is 3. The largest absolute Gasteiger partial charge is 0.497 e. The van der Waals surface area contributed by atoms with Gasteiger partial charge in [0.2, 0.25) is 11.1 Å². The molecule has 9 nitrogen and oxygen atoms in total. The Balaban J connectivity index is 1.57. The summed E-state index contributed by atoms with van der Waals surface area (Å²) in [5.41, 5.74) is 3.41. The van der Waals surface area contributed by atoms with Crippen molar-refractivity contribution in [1.82, 2.24) is 14.9 Å². The smallest absolute Gasteiger partial charge is 0.416 e. The van der Waals surface area contributed by atoms with Gasteiger partial charge in [-0.1, -0.05) is 17.8 Å². The van der Waals surface area contributed by atoms with Crippen molar-refractivity contribution in [3.63, 3.8) is 0 Å². The van der Waals surface area contributed by atoms with Crippen molar-refractivity contribution in [2.45, 2.75) is 18.3 Å². The monoisotopic (exact) mass is 479 g/mol. The highest BCUT2D eigenvalue weighted by Gasteiger charge is 2.30. The summed E-state index contributed by atoms with van der Waals surface area (Å²) < 4.78 is 44.6. The van der Waals surface area contributed by atoms with E-state index < -0.39 is 17.6 Å². The first-order valence-corrected chi connectivity index (χ1v) is 10.4. The molecule has 4 N–H and O–H groups in total. The normalized spacial score (nSPS) is 11.8. The summed E-state index contributed by atoms with van der Waals surface area (Å²) >= 11 is 0.967. The highest BCUT2D eigenvalue weighted by Crippen LogP contribution is 2.30. The van der Waals surface area contributed by atoms with E-state index in [-0.39, 0.29) is 22.5 Å². The van der Waals surface area contributed by atoms with Crippen LogP contribution < -0.4 is 21.3 Å². The molecule has 0 atom stereocenters. The summed E-state index contributed by atoms with van der Waals surface area (Å²) in [5, 5.41) is 14.6. The molecule has 174 valence electrons. The van der Waals surface area contributed by atoms with Crippen LogP contribution in [0.5, 0.6) is 5.75 Å². The molecule has 3 aromatic rings. The molecule has 2 aromatic carbocycles. The maximum absolute atomic E-state index is 12.8. The van der Waals surface area contributed by atoms with Crippen LogP contribution in [-0.2, 0) is 11.0 Å². The molecule has 0 aliphatic rings. The number of benzene rings is 2. The van der Waals surface area contributed by atoms with Crippen LogP contribution in [0.15, 0.2) is 58.8 Å². The molecule has 0 bridgehead atoms. The predicted octanol–water partition coefficient (Wildman–Crippen LogP) is 3.59. The predicted molar refractivity (Wildman–Crippen MR) is 120 cm³/mol. The number of aromatic nitrogens is 3. The van der Waals surface area contributed by atoms with E-state index in [4.69, 9.17) is 10.6 Å². The fraction of sp³-hybridized carbons (Fsp3) is 0.200. The Morgan fingerprint density at radius 1 is 1.21 bits per heavy atom. The van der Waals surface area contributed by atoms with E-state index >= 15 is 0 Å². The maximum atomic E-state index is 12.8. The van der Waals surface area contributed by atoms with Gasteiger partial charge in [0.05, 0.1) is 24.1 Å². The molecule has 0 aliphatic heterocycles. The number of anilines is 2. The van der Waals surface area contributed by atoms with Crippen molar-refractivity contribution in [3.05, 3.63) is 59.7 Å². The average molecular weight is 479 g/mol. The SMILES string of the molecule is COc1ccc(/C(C)=N/Nc2nnc(SCC(=O)Nc3cccc(C(F)(F)F)c3)n2N)cc1. The lowest BCUT2D eigenvalue weighted by atomic mass is 10.1. The van der Waals surface area contributed by atoms with Crippen LogP contribution >= 0.6 is 11.8 Å². The van der Waals surface area contributed by atoms with Gasteiger partial charge in [-0.3, -0.25) is 4.79 Å². The van der Waals surface area contributed by atoms with Gasteiger partial charge in [0.25, 0.3) is 5.95 Å². The van der Waals surface area contributed by atoms with Gasteiger partial charge < -0.3 is 15.9 Å². The van der Waals surface area contributed by atoms with Crippen molar-refractivity contribution in [1.29, 1.82) is 0 Å². The maximum Gasteiger partial charge on any atom is 0.416 e. The van der Waals surface area contributed by atoms with Gasteiger partial charge in [0.15, 0.2) is 0 Å². The Morgan fingerprint density at radius 3 is 2.61 bits per heavy atom. The minimum absolute atomic E-state index is 0.0374. The highest BCUT2D eigenvalue weighted by molar-refractivity contribution is 7.99. The Bertz CT molecular complexity index is 1150. The summed E-state index contributed by atoms with van der Waals surface area (Å²) in [6.45, 7) is 1.79. The molecular formula is C20H20F3N7O2S. The van der Waals surface area contributed by atoms with Crippen molar-refractivity contribution >= 4 is 35.0 Å². The van der Waals surface area contributed by atoms with E-state index in [0.717, 1.165) is 39.9 Å². The Hall–Kier alpha value is -3.74. The van der Waals surface area contributed by atoms with Crippen molar-refractivity contribution < 1.29 is 22.7 Å². The summed E-state index contributed by atoms with van der Waals surface area (Å²) in [6, 6.07) is 11.7. The molecule has 33 heavy (non-hydrogen) atoms. The van der Waals surface area contributed by atoms with Crippen LogP contribution in [0.3, 0.4) is 0 Å². The topological polar surface area (TPSA) is 119 Å². The molecule has 1 amide bonds. The minimum Gasteiger partial charge on any atom is -0.497 e. The molecule has 0 fully saturated rings. The quantitative estimate of drug-likeness (QED) is 0.196. The number of nitrogens with two attached hydrogens (primary N) is 1. The molecule has 3 rings (SSSR count).